The van der Waals surface area contributed by atoms with Crippen molar-refractivity contribution in [3.05, 3.63) is 57.3 Å². The van der Waals surface area contributed by atoms with Crippen molar-refractivity contribution < 1.29 is 9.90 Å². The molecule has 18 heavy (non-hydrogen) atoms. The lowest BCUT2D eigenvalue weighted by Crippen LogP contribution is -2.13. The van der Waals surface area contributed by atoms with E-state index in [1.165, 1.54) is 11.1 Å². The van der Waals surface area contributed by atoms with Crippen molar-refractivity contribution in [2.24, 2.45) is 0 Å². The standard InChI is InChI=1S/C14H15NO2S/c1-10-8-18-9-13(10)7-15-6-11-3-2-4-12(5-11)14(16)17/h2-5,8-9,15H,6-7H2,1H3,(H,16,17). The highest BCUT2D eigenvalue weighted by atomic mass is 32.1. The largest absolute Gasteiger partial charge is 0.478 e. The van der Waals surface area contributed by atoms with Gasteiger partial charge in [-0.2, -0.15) is 11.3 Å². The number of nitrogens with one attached hydrogen (secondary N) is 1. The van der Waals surface area contributed by atoms with Gasteiger partial charge in [-0.1, -0.05) is 12.1 Å². The molecule has 0 spiro atoms. The van der Waals surface area contributed by atoms with Gasteiger partial charge in [0.15, 0.2) is 0 Å². The van der Waals surface area contributed by atoms with Crippen LogP contribution in [-0.4, -0.2) is 11.1 Å². The summed E-state index contributed by atoms with van der Waals surface area (Å²) >= 11 is 1.70. The molecule has 0 aliphatic carbocycles. The Hall–Kier alpha value is -1.65. The third-order valence-electron chi connectivity index (χ3n) is 2.78. The minimum atomic E-state index is -0.884. The zero-order valence-corrected chi connectivity index (χ0v) is 11.0. The quantitative estimate of drug-likeness (QED) is 0.869. The first kappa shape index (κ1) is 12.8. The Bertz CT molecular complexity index is 548. The Labute approximate surface area is 110 Å². The van der Waals surface area contributed by atoms with Gasteiger partial charge >= 0.3 is 5.97 Å². The normalized spacial score (nSPS) is 10.5. The van der Waals surface area contributed by atoms with Crippen LogP contribution < -0.4 is 5.32 Å². The van der Waals surface area contributed by atoms with Crippen molar-refractivity contribution in [3.8, 4) is 0 Å². The van der Waals surface area contributed by atoms with Gasteiger partial charge in [0.1, 0.15) is 0 Å². The summed E-state index contributed by atoms with van der Waals surface area (Å²) in [7, 11) is 0. The molecule has 0 aliphatic heterocycles. The van der Waals surface area contributed by atoms with E-state index in [2.05, 4.69) is 23.0 Å². The molecule has 0 atom stereocenters. The van der Waals surface area contributed by atoms with Gasteiger partial charge in [-0.05, 0) is 46.5 Å². The molecule has 2 N–H and O–H groups in total. The number of carboxylic acids is 1. The van der Waals surface area contributed by atoms with Crippen LogP contribution >= 0.6 is 11.3 Å². The third-order valence-corrected chi connectivity index (χ3v) is 3.69. The number of carboxylic acid groups (broad SMARTS) is 1. The van der Waals surface area contributed by atoms with Gasteiger partial charge in [-0.25, -0.2) is 4.79 Å². The van der Waals surface area contributed by atoms with E-state index >= 15 is 0 Å². The smallest absolute Gasteiger partial charge is 0.335 e. The number of rotatable bonds is 5. The third kappa shape index (κ3) is 3.18. The average molecular weight is 261 g/mol. The summed E-state index contributed by atoms with van der Waals surface area (Å²) in [5.41, 5.74) is 3.92. The highest BCUT2D eigenvalue weighted by Crippen LogP contribution is 2.13. The summed E-state index contributed by atoms with van der Waals surface area (Å²) in [6, 6.07) is 7.01. The zero-order valence-electron chi connectivity index (χ0n) is 10.1. The second-order valence-corrected chi connectivity index (χ2v) is 4.93. The van der Waals surface area contributed by atoms with E-state index in [0.29, 0.717) is 12.1 Å². The van der Waals surface area contributed by atoms with Gasteiger partial charge in [0.2, 0.25) is 0 Å². The van der Waals surface area contributed by atoms with E-state index in [1.54, 1.807) is 29.5 Å². The van der Waals surface area contributed by atoms with Gasteiger partial charge < -0.3 is 10.4 Å². The fourth-order valence-corrected chi connectivity index (χ4v) is 2.58. The predicted molar refractivity (Wildman–Crippen MR) is 73.0 cm³/mol. The van der Waals surface area contributed by atoms with E-state index in [-0.39, 0.29) is 0 Å². The first-order chi connectivity index (χ1) is 8.66. The number of aryl methyl sites for hydroxylation is 1. The fraction of sp³-hybridized carbons (Fsp3) is 0.214. The first-order valence-corrected chi connectivity index (χ1v) is 6.65. The van der Waals surface area contributed by atoms with Gasteiger partial charge in [-0.15, -0.1) is 0 Å². The molecule has 0 saturated heterocycles. The summed E-state index contributed by atoms with van der Waals surface area (Å²) in [5, 5.41) is 16.5. The maximum absolute atomic E-state index is 10.8. The lowest BCUT2D eigenvalue weighted by atomic mass is 10.1. The zero-order chi connectivity index (χ0) is 13.0. The van der Waals surface area contributed by atoms with Crippen LogP contribution in [0.5, 0.6) is 0 Å². The monoisotopic (exact) mass is 261 g/mol. The molecule has 1 aromatic carbocycles. The van der Waals surface area contributed by atoms with Crippen LogP contribution in [0.2, 0.25) is 0 Å². The van der Waals surface area contributed by atoms with Gasteiger partial charge in [0, 0.05) is 13.1 Å². The lowest BCUT2D eigenvalue weighted by Gasteiger charge is -2.05. The summed E-state index contributed by atoms with van der Waals surface area (Å²) in [4.78, 5) is 10.8. The molecule has 0 amide bonds. The van der Waals surface area contributed by atoms with Crippen molar-refractivity contribution >= 4 is 17.3 Å². The number of carbonyl (C=O) groups is 1. The molecule has 3 nitrogen and oxygen atoms in total. The molecule has 0 bridgehead atoms. The Morgan fingerprint density at radius 3 is 2.83 bits per heavy atom. The number of hydrogen-bond acceptors (Lipinski definition) is 3. The molecule has 0 saturated carbocycles. The maximum Gasteiger partial charge on any atom is 0.335 e. The molecule has 94 valence electrons. The van der Waals surface area contributed by atoms with Crippen LogP contribution in [-0.2, 0) is 13.1 Å². The second-order valence-electron chi connectivity index (χ2n) is 4.19. The van der Waals surface area contributed by atoms with Gasteiger partial charge in [0.05, 0.1) is 5.56 Å². The van der Waals surface area contributed by atoms with Crippen LogP contribution in [0.3, 0.4) is 0 Å². The summed E-state index contributed by atoms with van der Waals surface area (Å²) in [5.74, 6) is -0.884. The number of hydrogen-bond donors (Lipinski definition) is 2. The minimum Gasteiger partial charge on any atom is -0.478 e. The van der Waals surface area contributed by atoms with Crippen molar-refractivity contribution in [1.29, 1.82) is 0 Å². The molecule has 2 aromatic rings. The molecule has 0 aliphatic rings. The van der Waals surface area contributed by atoms with Gasteiger partial charge in [0.25, 0.3) is 0 Å². The maximum atomic E-state index is 10.8. The van der Waals surface area contributed by atoms with E-state index in [0.717, 1.165) is 12.1 Å². The van der Waals surface area contributed by atoms with Crippen molar-refractivity contribution in [2.75, 3.05) is 0 Å². The Kier molecular flexibility index (Phi) is 4.12. The Morgan fingerprint density at radius 2 is 2.17 bits per heavy atom. The fourth-order valence-electron chi connectivity index (χ4n) is 1.72. The summed E-state index contributed by atoms with van der Waals surface area (Å²) < 4.78 is 0. The highest BCUT2D eigenvalue weighted by molar-refractivity contribution is 7.08. The molecular weight excluding hydrogens is 246 g/mol. The molecule has 0 radical (unpaired) electrons. The Balaban J connectivity index is 1.92. The molecule has 2 rings (SSSR count). The van der Waals surface area contributed by atoms with Crippen LogP contribution in [0.15, 0.2) is 35.0 Å². The first-order valence-electron chi connectivity index (χ1n) is 5.71. The number of benzene rings is 1. The Morgan fingerprint density at radius 1 is 1.33 bits per heavy atom. The second kappa shape index (κ2) is 5.80. The van der Waals surface area contributed by atoms with Crippen molar-refractivity contribution in [1.82, 2.24) is 5.32 Å². The van der Waals surface area contributed by atoms with E-state index in [9.17, 15) is 4.79 Å². The molecule has 0 fully saturated rings. The highest BCUT2D eigenvalue weighted by Gasteiger charge is 2.03. The molecule has 4 heteroatoms. The van der Waals surface area contributed by atoms with Crippen molar-refractivity contribution in [3.63, 3.8) is 0 Å². The van der Waals surface area contributed by atoms with Crippen LogP contribution in [0.25, 0.3) is 0 Å². The van der Waals surface area contributed by atoms with Crippen LogP contribution in [0.1, 0.15) is 27.0 Å². The molecule has 1 heterocycles. The SMILES string of the molecule is Cc1cscc1CNCc1cccc(C(=O)O)c1. The summed E-state index contributed by atoms with van der Waals surface area (Å²) in [6.45, 7) is 3.58. The van der Waals surface area contributed by atoms with Crippen LogP contribution in [0.4, 0.5) is 0 Å². The predicted octanol–water partition coefficient (Wildman–Crippen LogP) is 3.04. The number of thiophene rings is 1. The lowest BCUT2D eigenvalue weighted by molar-refractivity contribution is 0.0696. The summed E-state index contributed by atoms with van der Waals surface area (Å²) in [6.07, 6.45) is 0. The molecule has 1 aromatic heterocycles. The van der Waals surface area contributed by atoms with E-state index in [4.69, 9.17) is 5.11 Å². The van der Waals surface area contributed by atoms with E-state index < -0.39 is 5.97 Å². The average Bonchev–Trinajstić information content (AvgIpc) is 2.76. The minimum absolute atomic E-state index is 0.334. The van der Waals surface area contributed by atoms with Gasteiger partial charge in [-0.3, -0.25) is 0 Å². The van der Waals surface area contributed by atoms with Crippen LogP contribution in [0, 0.1) is 6.92 Å². The van der Waals surface area contributed by atoms with E-state index in [1.807, 2.05) is 6.07 Å². The molecular formula is C14H15NO2S. The topological polar surface area (TPSA) is 49.3 Å². The molecule has 0 unspecified atom stereocenters. The number of aromatic carboxylic acids is 1. The van der Waals surface area contributed by atoms with Crippen molar-refractivity contribution in [2.45, 2.75) is 20.0 Å².